The molecule has 0 fully saturated rings. The van der Waals surface area contributed by atoms with Gasteiger partial charge >= 0.3 is 0 Å². The van der Waals surface area contributed by atoms with E-state index >= 15 is 0 Å². The third-order valence-electron chi connectivity index (χ3n) is 2.11. The second kappa shape index (κ2) is 5.88. The summed E-state index contributed by atoms with van der Waals surface area (Å²) in [6.07, 6.45) is 2.99. The Labute approximate surface area is 91.6 Å². The summed E-state index contributed by atoms with van der Waals surface area (Å²) in [7, 11) is 1.94. The fourth-order valence-corrected chi connectivity index (χ4v) is 1.38. The van der Waals surface area contributed by atoms with Crippen LogP contribution in [0.1, 0.15) is 32.0 Å². The van der Waals surface area contributed by atoms with Gasteiger partial charge in [0.25, 0.3) is 0 Å². The molecule has 1 N–H and O–H groups in total. The van der Waals surface area contributed by atoms with E-state index in [2.05, 4.69) is 31.3 Å². The second-order valence-electron chi connectivity index (χ2n) is 4.15. The minimum absolute atomic E-state index is 0.553. The Bertz CT molecular complexity index is 294. The highest BCUT2D eigenvalue weighted by molar-refractivity contribution is 5.16. The number of nitrogens with zero attached hydrogens (tertiary/aromatic N) is 2. The van der Waals surface area contributed by atoms with E-state index in [1.54, 1.807) is 0 Å². The first-order valence-corrected chi connectivity index (χ1v) is 5.49. The highest BCUT2D eigenvalue weighted by Crippen LogP contribution is 2.06. The molecule has 0 aliphatic heterocycles. The van der Waals surface area contributed by atoms with Gasteiger partial charge < -0.3 is 4.84 Å². The Hall–Kier alpha value is -0.870. The van der Waals surface area contributed by atoms with Gasteiger partial charge in [0.05, 0.1) is 12.3 Å². The molecule has 0 atom stereocenters. The Kier molecular flexibility index (Phi) is 4.78. The van der Waals surface area contributed by atoms with Crippen molar-refractivity contribution in [1.82, 2.24) is 15.3 Å². The molecule has 0 aromatic carbocycles. The van der Waals surface area contributed by atoms with Crippen molar-refractivity contribution in [2.45, 2.75) is 33.7 Å². The van der Waals surface area contributed by atoms with Gasteiger partial charge in [-0.15, -0.1) is 0 Å². The minimum atomic E-state index is 0.553. The molecule has 0 saturated heterocycles. The predicted molar refractivity (Wildman–Crippen MR) is 60.2 cm³/mol. The van der Waals surface area contributed by atoms with Crippen LogP contribution in [0.4, 0.5) is 0 Å². The molecule has 1 rings (SSSR count). The Morgan fingerprint density at radius 2 is 2.27 bits per heavy atom. The highest BCUT2D eigenvalue weighted by Gasteiger charge is 2.05. The summed E-state index contributed by atoms with van der Waals surface area (Å²) < 4.78 is 1.85. The smallest absolute Gasteiger partial charge is 0.0705 e. The molecule has 0 aliphatic carbocycles. The van der Waals surface area contributed by atoms with Crippen LogP contribution in [0.25, 0.3) is 0 Å². The van der Waals surface area contributed by atoms with Gasteiger partial charge in [-0.05, 0) is 12.3 Å². The lowest BCUT2D eigenvalue weighted by Gasteiger charge is -2.07. The zero-order chi connectivity index (χ0) is 11.3. The maximum absolute atomic E-state index is 5.32. The van der Waals surface area contributed by atoms with Gasteiger partial charge in [-0.1, -0.05) is 20.8 Å². The normalized spacial score (nSPS) is 11.3. The predicted octanol–water partition coefficient (Wildman–Crippen LogP) is 1.66. The third kappa shape index (κ3) is 4.01. The molecule has 1 heterocycles. The van der Waals surface area contributed by atoms with Crippen molar-refractivity contribution in [1.29, 1.82) is 0 Å². The van der Waals surface area contributed by atoms with Crippen LogP contribution < -0.4 is 5.48 Å². The molecule has 4 heteroatoms. The monoisotopic (exact) mass is 211 g/mol. The van der Waals surface area contributed by atoms with Crippen molar-refractivity contribution in [2.24, 2.45) is 13.0 Å². The van der Waals surface area contributed by atoms with E-state index in [9.17, 15) is 0 Å². The summed E-state index contributed by atoms with van der Waals surface area (Å²) in [5, 5.41) is 4.36. The van der Waals surface area contributed by atoms with Crippen LogP contribution in [0.5, 0.6) is 0 Å². The van der Waals surface area contributed by atoms with Crippen molar-refractivity contribution in [3.05, 3.63) is 17.5 Å². The number of rotatable bonds is 6. The van der Waals surface area contributed by atoms with Crippen molar-refractivity contribution >= 4 is 0 Å². The van der Waals surface area contributed by atoms with Crippen LogP contribution in [0.15, 0.2) is 6.20 Å². The van der Waals surface area contributed by atoms with E-state index in [-0.39, 0.29) is 0 Å². The van der Waals surface area contributed by atoms with E-state index in [1.807, 2.05) is 17.9 Å². The van der Waals surface area contributed by atoms with Crippen LogP contribution in [0.3, 0.4) is 0 Å². The molecule has 0 unspecified atom stereocenters. The minimum Gasteiger partial charge on any atom is -0.301 e. The largest absolute Gasteiger partial charge is 0.301 e. The van der Waals surface area contributed by atoms with Gasteiger partial charge in [-0.2, -0.15) is 10.6 Å². The lowest BCUT2D eigenvalue weighted by Crippen LogP contribution is -2.17. The zero-order valence-corrected chi connectivity index (χ0v) is 10.1. The van der Waals surface area contributed by atoms with Gasteiger partial charge in [0.2, 0.25) is 0 Å². The first-order chi connectivity index (χ1) is 7.13. The molecule has 0 bridgehead atoms. The van der Waals surface area contributed by atoms with Crippen LogP contribution >= 0.6 is 0 Å². The summed E-state index contributed by atoms with van der Waals surface area (Å²) in [5.41, 5.74) is 5.32. The van der Waals surface area contributed by atoms with E-state index in [4.69, 9.17) is 4.84 Å². The molecule has 4 nitrogen and oxygen atoms in total. The average molecular weight is 211 g/mol. The van der Waals surface area contributed by atoms with Gasteiger partial charge in [0.15, 0.2) is 0 Å². The van der Waals surface area contributed by atoms with E-state index in [1.165, 1.54) is 5.56 Å². The Balaban J connectivity index is 2.36. The van der Waals surface area contributed by atoms with Crippen molar-refractivity contribution in [3.63, 3.8) is 0 Å². The molecule has 0 spiro atoms. The summed E-state index contributed by atoms with van der Waals surface area (Å²) >= 11 is 0. The van der Waals surface area contributed by atoms with Crippen LogP contribution in [0.2, 0.25) is 0 Å². The van der Waals surface area contributed by atoms with Crippen molar-refractivity contribution in [2.75, 3.05) is 6.61 Å². The maximum atomic E-state index is 5.32. The van der Waals surface area contributed by atoms with Crippen LogP contribution in [-0.2, 0) is 24.9 Å². The zero-order valence-electron chi connectivity index (χ0n) is 10.1. The van der Waals surface area contributed by atoms with Gasteiger partial charge in [-0.25, -0.2) is 0 Å². The van der Waals surface area contributed by atoms with Crippen molar-refractivity contribution < 1.29 is 4.84 Å². The van der Waals surface area contributed by atoms with Gasteiger partial charge in [-0.3, -0.25) is 4.68 Å². The molecule has 1 aromatic heterocycles. The summed E-state index contributed by atoms with van der Waals surface area (Å²) in [6, 6.07) is 0. The van der Waals surface area contributed by atoms with Crippen LogP contribution in [-0.4, -0.2) is 16.4 Å². The summed E-state index contributed by atoms with van der Waals surface area (Å²) in [5.74, 6) is 0.553. The molecule has 0 aliphatic rings. The Morgan fingerprint density at radius 3 is 2.87 bits per heavy atom. The molecule has 1 aromatic rings. The van der Waals surface area contributed by atoms with Crippen LogP contribution in [0, 0.1) is 5.92 Å². The average Bonchev–Trinajstić information content (AvgIpc) is 2.53. The van der Waals surface area contributed by atoms with Crippen molar-refractivity contribution in [3.8, 4) is 0 Å². The highest BCUT2D eigenvalue weighted by atomic mass is 16.6. The Morgan fingerprint density at radius 1 is 1.53 bits per heavy atom. The lowest BCUT2D eigenvalue weighted by molar-refractivity contribution is 0.0195. The summed E-state index contributed by atoms with van der Waals surface area (Å²) in [4.78, 5) is 5.32. The number of hydrogen-bond acceptors (Lipinski definition) is 3. The molecule has 86 valence electrons. The summed E-state index contributed by atoms with van der Waals surface area (Å²) in [6.45, 7) is 7.83. The third-order valence-corrected chi connectivity index (χ3v) is 2.11. The molecule has 0 saturated carbocycles. The quantitative estimate of drug-likeness (QED) is 0.574. The van der Waals surface area contributed by atoms with E-state index in [0.29, 0.717) is 5.92 Å². The lowest BCUT2D eigenvalue weighted by atomic mass is 10.2. The topological polar surface area (TPSA) is 39.1 Å². The van der Waals surface area contributed by atoms with Gasteiger partial charge in [0.1, 0.15) is 0 Å². The molecule has 0 amide bonds. The number of nitrogens with one attached hydrogen (secondary N) is 1. The molecular formula is C11H21N3O. The van der Waals surface area contributed by atoms with E-state index in [0.717, 1.165) is 25.3 Å². The number of aromatic nitrogens is 2. The standard InChI is InChI=1S/C11H21N3O/c1-5-11-10(7-14(4)13-11)6-12-15-8-9(2)3/h7,9,12H,5-6,8H2,1-4H3. The SMILES string of the molecule is CCc1nn(C)cc1CNOCC(C)C. The fourth-order valence-electron chi connectivity index (χ4n) is 1.38. The first kappa shape index (κ1) is 12.2. The second-order valence-corrected chi connectivity index (χ2v) is 4.15. The first-order valence-electron chi connectivity index (χ1n) is 5.49. The molecular weight excluding hydrogens is 190 g/mol. The fraction of sp³-hybridized carbons (Fsp3) is 0.727. The maximum Gasteiger partial charge on any atom is 0.0705 e. The molecule has 0 radical (unpaired) electrons. The molecule has 15 heavy (non-hydrogen) atoms. The van der Waals surface area contributed by atoms with Gasteiger partial charge in [0, 0.05) is 25.4 Å². The number of hydroxylamine groups is 1. The number of hydrogen-bond donors (Lipinski definition) is 1. The number of aryl methyl sites for hydroxylation is 2. The van der Waals surface area contributed by atoms with E-state index < -0.39 is 0 Å².